The van der Waals surface area contributed by atoms with E-state index in [-0.39, 0.29) is 37.7 Å². The lowest BCUT2D eigenvalue weighted by Crippen LogP contribution is -2.55. The SMILES string of the molecule is CC(NC(=O)OCc1ccccc1)C(=O)NC(C)C(=O)N[C@@H](Cc1ccccc1)[C@@H](O)CCC(=O)NC(C=O)C(C)C. The van der Waals surface area contributed by atoms with Gasteiger partial charge in [0.2, 0.25) is 17.7 Å². The van der Waals surface area contributed by atoms with Crippen LogP contribution < -0.4 is 21.3 Å². The second-order valence-corrected chi connectivity index (χ2v) is 10.5. The van der Waals surface area contributed by atoms with Gasteiger partial charge in [-0.25, -0.2) is 4.79 Å². The van der Waals surface area contributed by atoms with Crippen molar-refractivity contribution >= 4 is 30.1 Å². The number of rotatable bonds is 16. The molecule has 11 nitrogen and oxygen atoms in total. The second-order valence-electron chi connectivity index (χ2n) is 10.5. The van der Waals surface area contributed by atoms with E-state index in [0.717, 1.165) is 11.1 Å². The van der Waals surface area contributed by atoms with E-state index in [1.165, 1.54) is 13.8 Å². The fraction of sp³-hybridized carbons (Fsp3) is 0.452. The topological polar surface area (TPSA) is 163 Å². The van der Waals surface area contributed by atoms with Crippen molar-refractivity contribution < 1.29 is 33.8 Å². The first-order valence-corrected chi connectivity index (χ1v) is 14.0. The number of aldehydes is 1. The molecule has 4 amide bonds. The van der Waals surface area contributed by atoms with Gasteiger partial charge in [-0.05, 0) is 43.7 Å². The Hall–Kier alpha value is -4.25. The zero-order valence-corrected chi connectivity index (χ0v) is 24.5. The zero-order valence-electron chi connectivity index (χ0n) is 24.5. The van der Waals surface area contributed by atoms with Crippen molar-refractivity contribution in [1.29, 1.82) is 0 Å². The molecule has 0 bridgehead atoms. The summed E-state index contributed by atoms with van der Waals surface area (Å²) in [5.74, 6) is -1.60. The summed E-state index contributed by atoms with van der Waals surface area (Å²) >= 11 is 0. The second kappa shape index (κ2) is 17.5. The van der Waals surface area contributed by atoms with Gasteiger partial charge in [0, 0.05) is 6.42 Å². The van der Waals surface area contributed by atoms with E-state index in [9.17, 15) is 29.1 Å². The smallest absolute Gasteiger partial charge is 0.408 e. The molecule has 0 aromatic heterocycles. The summed E-state index contributed by atoms with van der Waals surface area (Å²) in [4.78, 5) is 61.3. The molecule has 5 atom stereocenters. The summed E-state index contributed by atoms with van der Waals surface area (Å²) in [6.07, 6.45) is -0.908. The number of hydrogen-bond acceptors (Lipinski definition) is 7. The highest BCUT2D eigenvalue weighted by molar-refractivity contribution is 5.91. The predicted octanol–water partition coefficient (Wildman–Crippen LogP) is 2.01. The number of aliphatic hydroxyl groups is 1. The van der Waals surface area contributed by atoms with Crippen LogP contribution in [0.4, 0.5) is 4.79 Å². The molecule has 2 rings (SSSR count). The number of aliphatic hydroxyl groups excluding tert-OH is 1. The van der Waals surface area contributed by atoms with Crippen molar-refractivity contribution in [2.45, 2.75) is 83.8 Å². The molecule has 42 heavy (non-hydrogen) atoms. The van der Waals surface area contributed by atoms with Crippen molar-refractivity contribution in [3.05, 3.63) is 71.8 Å². The van der Waals surface area contributed by atoms with Crippen LogP contribution in [0.2, 0.25) is 0 Å². The molecular weight excluding hydrogens is 540 g/mol. The van der Waals surface area contributed by atoms with Gasteiger partial charge in [-0.2, -0.15) is 0 Å². The number of carbonyl (C=O) groups is 5. The van der Waals surface area contributed by atoms with E-state index in [2.05, 4.69) is 21.3 Å². The highest BCUT2D eigenvalue weighted by atomic mass is 16.5. The van der Waals surface area contributed by atoms with Gasteiger partial charge in [-0.3, -0.25) is 14.4 Å². The highest BCUT2D eigenvalue weighted by Crippen LogP contribution is 2.11. The average molecular weight is 583 g/mol. The van der Waals surface area contributed by atoms with Gasteiger partial charge >= 0.3 is 6.09 Å². The molecule has 0 fully saturated rings. The Labute approximate surface area is 246 Å². The maximum Gasteiger partial charge on any atom is 0.408 e. The largest absolute Gasteiger partial charge is 0.445 e. The maximum absolute atomic E-state index is 13.0. The summed E-state index contributed by atoms with van der Waals surface area (Å²) in [6.45, 7) is 6.62. The minimum atomic E-state index is -1.09. The van der Waals surface area contributed by atoms with Gasteiger partial charge in [-0.15, -0.1) is 0 Å². The molecule has 0 heterocycles. The predicted molar refractivity (Wildman–Crippen MR) is 157 cm³/mol. The van der Waals surface area contributed by atoms with Crippen LogP contribution in [0.3, 0.4) is 0 Å². The normalized spacial score (nSPS) is 14.4. The van der Waals surface area contributed by atoms with Crippen LogP contribution in [-0.2, 0) is 36.9 Å². The molecule has 0 saturated carbocycles. The molecule has 3 unspecified atom stereocenters. The Morgan fingerprint density at radius 2 is 1.33 bits per heavy atom. The average Bonchev–Trinajstić information content (AvgIpc) is 2.97. The van der Waals surface area contributed by atoms with Crippen LogP contribution in [0.5, 0.6) is 0 Å². The van der Waals surface area contributed by atoms with E-state index in [4.69, 9.17) is 4.74 Å². The number of ether oxygens (including phenoxy) is 1. The molecule has 0 aliphatic heterocycles. The van der Waals surface area contributed by atoms with Crippen LogP contribution in [0, 0.1) is 5.92 Å². The number of benzene rings is 2. The number of hydrogen-bond donors (Lipinski definition) is 5. The number of amides is 4. The summed E-state index contributed by atoms with van der Waals surface area (Å²) < 4.78 is 5.13. The van der Waals surface area contributed by atoms with E-state index in [1.54, 1.807) is 12.1 Å². The van der Waals surface area contributed by atoms with Crippen LogP contribution in [0.1, 0.15) is 51.7 Å². The molecule has 5 N–H and O–H groups in total. The summed E-state index contributed by atoms with van der Waals surface area (Å²) in [5, 5.41) is 21.3. The fourth-order valence-electron chi connectivity index (χ4n) is 3.97. The lowest BCUT2D eigenvalue weighted by molar-refractivity contribution is -0.130. The first-order valence-electron chi connectivity index (χ1n) is 14.0. The first-order chi connectivity index (χ1) is 20.0. The molecule has 0 radical (unpaired) electrons. The van der Waals surface area contributed by atoms with Crippen LogP contribution in [0.25, 0.3) is 0 Å². The Morgan fingerprint density at radius 3 is 1.90 bits per heavy atom. The molecule has 0 spiro atoms. The summed E-state index contributed by atoms with van der Waals surface area (Å²) in [6, 6.07) is 14.9. The third kappa shape index (κ3) is 12.1. The van der Waals surface area contributed by atoms with Crippen molar-refractivity contribution in [3.8, 4) is 0 Å². The van der Waals surface area contributed by atoms with Gasteiger partial charge in [0.25, 0.3) is 0 Å². The van der Waals surface area contributed by atoms with Gasteiger partial charge in [0.05, 0.1) is 18.2 Å². The number of alkyl carbamates (subject to hydrolysis) is 1. The quantitative estimate of drug-likeness (QED) is 0.189. The minimum absolute atomic E-state index is 0.0417. The van der Waals surface area contributed by atoms with E-state index < -0.39 is 48.2 Å². The van der Waals surface area contributed by atoms with Crippen LogP contribution in [-0.4, -0.2) is 65.5 Å². The molecule has 228 valence electrons. The molecule has 2 aromatic carbocycles. The Balaban J connectivity index is 1.93. The van der Waals surface area contributed by atoms with Gasteiger partial charge in [0.15, 0.2) is 0 Å². The van der Waals surface area contributed by atoms with Crippen molar-refractivity contribution in [2.75, 3.05) is 0 Å². The third-order valence-corrected chi connectivity index (χ3v) is 6.64. The zero-order chi connectivity index (χ0) is 31.1. The maximum atomic E-state index is 13.0. The van der Waals surface area contributed by atoms with E-state index in [1.807, 2.05) is 62.4 Å². The molecular formula is C31H42N4O7. The third-order valence-electron chi connectivity index (χ3n) is 6.64. The standard InChI is InChI=1S/C31H42N4O7/c1-20(2)26(18-36)34-28(38)16-15-27(37)25(17-23-11-7-5-8-12-23)35-30(40)21(3)32-29(39)22(4)33-31(41)42-19-24-13-9-6-10-14-24/h5-14,18,20-22,25-27,37H,15-17,19H2,1-4H3,(H,32,39)(H,33,41)(H,34,38)(H,35,40)/t21?,22?,25-,26?,27-/m0/s1. The van der Waals surface area contributed by atoms with Crippen molar-refractivity contribution in [3.63, 3.8) is 0 Å². The summed E-state index contributed by atoms with van der Waals surface area (Å²) in [5.41, 5.74) is 1.65. The van der Waals surface area contributed by atoms with Crippen molar-refractivity contribution in [2.24, 2.45) is 5.92 Å². The van der Waals surface area contributed by atoms with Gasteiger partial charge in [0.1, 0.15) is 25.0 Å². The Morgan fingerprint density at radius 1 is 0.786 bits per heavy atom. The van der Waals surface area contributed by atoms with Gasteiger partial charge in [-0.1, -0.05) is 74.5 Å². The monoisotopic (exact) mass is 582 g/mol. The lowest BCUT2D eigenvalue weighted by atomic mass is 9.97. The fourth-order valence-corrected chi connectivity index (χ4v) is 3.97. The van der Waals surface area contributed by atoms with Crippen LogP contribution in [0.15, 0.2) is 60.7 Å². The molecule has 0 aliphatic rings. The molecule has 0 aliphatic carbocycles. The van der Waals surface area contributed by atoms with E-state index in [0.29, 0.717) is 6.29 Å². The lowest BCUT2D eigenvalue weighted by Gasteiger charge is -2.27. The molecule has 2 aromatic rings. The first kappa shape index (κ1) is 34.0. The van der Waals surface area contributed by atoms with Gasteiger partial charge < -0.3 is 35.9 Å². The summed E-state index contributed by atoms with van der Waals surface area (Å²) in [7, 11) is 0. The number of carbonyl (C=O) groups excluding carboxylic acids is 5. The molecule has 0 saturated heterocycles. The minimum Gasteiger partial charge on any atom is -0.445 e. The highest BCUT2D eigenvalue weighted by Gasteiger charge is 2.27. The Bertz CT molecular complexity index is 1160. The van der Waals surface area contributed by atoms with Crippen molar-refractivity contribution in [1.82, 2.24) is 21.3 Å². The molecule has 11 heteroatoms. The van der Waals surface area contributed by atoms with Crippen LogP contribution >= 0.6 is 0 Å². The Kier molecular flexibility index (Phi) is 14.2. The number of nitrogens with one attached hydrogen (secondary N) is 4. The van der Waals surface area contributed by atoms with E-state index >= 15 is 0 Å².